The van der Waals surface area contributed by atoms with E-state index in [9.17, 15) is 0 Å². The average molecular weight is 305 g/mol. The van der Waals surface area contributed by atoms with Crippen molar-refractivity contribution in [2.45, 2.75) is 26.3 Å². The van der Waals surface area contributed by atoms with Crippen LogP contribution in [0.2, 0.25) is 5.28 Å². The molecule has 21 heavy (non-hydrogen) atoms. The highest BCUT2D eigenvalue weighted by molar-refractivity contribution is 6.28. The summed E-state index contributed by atoms with van der Waals surface area (Å²) in [6.07, 6.45) is 1.88. The summed E-state index contributed by atoms with van der Waals surface area (Å²) in [6.45, 7) is 4.25. The molecule has 0 spiro atoms. The summed E-state index contributed by atoms with van der Waals surface area (Å²) in [5.74, 6) is 0.579. The van der Waals surface area contributed by atoms with E-state index in [1.807, 2.05) is 6.92 Å². The Hall–Kier alpha value is -1.88. The van der Waals surface area contributed by atoms with Crippen molar-refractivity contribution in [1.29, 1.82) is 0 Å². The molecule has 0 bridgehead atoms. The fourth-order valence-electron chi connectivity index (χ4n) is 2.39. The molecule has 0 saturated carbocycles. The smallest absolute Gasteiger partial charge is 0.322 e. The van der Waals surface area contributed by atoms with Crippen LogP contribution < -0.4 is 9.64 Å². The average Bonchev–Trinajstić information content (AvgIpc) is 2.52. The van der Waals surface area contributed by atoms with E-state index >= 15 is 0 Å². The first kappa shape index (κ1) is 14.1. The minimum atomic E-state index is 0.171. The highest BCUT2D eigenvalue weighted by atomic mass is 35.5. The summed E-state index contributed by atoms with van der Waals surface area (Å²) in [4.78, 5) is 14.7. The van der Waals surface area contributed by atoms with Crippen LogP contribution >= 0.6 is 11.6 Å². The molecular weight excluding hydrogens is 288 g/mol. The van der Waals surface area contributed by atoms with Crippen LogP contribution in [0.3, 0.4) is 0 Å². The first-order chi connectivity index (χ1) is 10.3. The Kier molecular flexibility index (Phi) is 4.20. The van der Waals surface area contributed by atoms with Crippen molar-refractivity contribution in [3.63, 3.8) is 0 Å². The van der Waals surface area contributed by atoms with Crippen molar-refractivity contribution in [2.75, 3.05) is 18.1 Å². The topological polar surface area (TPSA) is 51.1 Å². The second-order valence-corrected chi connectivity index (χ2v) is 5.31. The maximum Gasteiger partial charge on any atom is 0.322 e. The number of halogens is 1. The van der Waals surface area contributed by atoms with Crippen molar-refractivity contribution < 1.29 is 4.74 Å². The van der Waals surface area contributed by atoms with Gasteiger partial charge in [-0.25, -0.2) is 0 Å². The first-order valence-electron chi connectivity index (χ1n) is 7.12. The molecule has 1 aromatic heterocycles. The van der Waals surface area contributed by atoms with Crippen LogP contribution in [0, 0.1) is 0 Å². The van der Waals surface area contributed by atoms with Crippen LogP contribution in [0.15, 0.2) is 24.3 Å². The van der Waals surface area contributed by atoms with Gasteiger partial charge in [0.05, 0.1) is 6.61 Å². The zero-order valence-corrected chi connectivity index (χ0v) is 12.7. The molecule has 0 unspecified atom stereocenters. The summed E-state index contributed by atoms with van der Waals surface area (Å²) in [5, 5.41) is 0.171. The molecule has 0 atom stereocenters. The first-order valence-corrected chi connectivity index (χ1v) is 7.50. The van der Waals surface area contributed by atoms with Gasteiger partial charge in [0.15, 0.2) is 0 Å². The number of ether oxygens (including phenoxy) is 1. The maximum absolute atomic E-state index is 5.98. The van der Waals surface area contributed by atoms with Gasteiger partial charge in [-0.15, -0.1) is 0 Å². The number of aromatic nitrogens is 3. The summed E-state index contributed by atoms with van der Waals surface area (Å²) >= 11 is 5.98. The molecule has 2 heterocycles. The lowest BCUT2D eigenvalue weighted by atomic mass is 10.0. The number of fused-ring (bicyclic) bond motifs is 1. The Morgan fingerprint density at radius 1 is 1.19 bits per heavy atom. The summed E-state index contributed by atoms with van der Waals surface area (Å²) < 4.78 is 5.46. The number of hydrogen-bond acceptors (Lipinski definition) is 5. The van der Waals surface area contributed by atoms with E-state index in [2.05, 4.69) is 44.1 Å². The van der Waals surface area contributed by atoms with Gasteiger partial charge in [-0.2, -0.15) is 15.0 Å². The lowest BCUT2D eigenvalue weighted by Crippen LogP contribution is -2.32. The predicted octanol–water partition coefficient (Wildman–Crippen LogP) is 2.88. The molecule has 0 radical (unpaired) electrons. The van der Waals surface area contributed by atoms with E-state index in [0.717, 1.165) is 25.9 Å². The van der Waals surface area contributed by atoms with Crippen LogP contribution in [0.5, 0.6) is 6.01 Å². The summed E-state index contributed by atoms with van der Waals surface area (Å²) in [7, 11) is 0. The van der Waals surface area contributed by atoms with Crippen LogP contribution in [0.4, 0.5) is 5.95 Å². The van der Waals surface area contributed by atoms with Gasteiger partial charge >= 0.3 is 6.01 Å². The van der Waals surface area contributed by atoms with E-state index in [0.29, 0.717) is 18.6 Å². The van der Waals surface area contributed by atoms with Crippen LogP contribution in [-0.4, -0.2) is 28.1 Å². The minimum absolute atomic E-state index is 0.171. The lowest BCUT2D eigenvalue weighted by molar-refractivity contribution is 0.291. The highest BCUT2D eigenvalue weighted by Crippen LogP contribution is 2.23. The monoisotopic (exact) mass is 304 g/mol. The third-order valence-corrected chi connectivity index (χ3v) is 3.59. The van der Waals surface area contributed by atoms with Crippen LogP contribution in [0.25, 0.3) is 0 Å². The predicted molar refractivity (Wildman–Crippen MR) is 81.8 cm³/mol. The summed E-state index contributed by atoms with van der Waals surface area (Å²) in [5.41, 5.74) is 2.69. The van der Waals surface area contributed by atoms with Crippen LogP contribution in [-0.2, 0) is 13.0 Å². The van der Waals surface area contributed by atoms with E-state index in [-0.39, 0.29) is 5.28 Å². The van der Waals surface area contributed by atoms with Gasteiger partial charge in [0.25, 0.3) is 0 Å². The molecule has 1 aliphatic heterocycles. The van der Waals surface area contributed by atoms with Gasteiger partial charge in [-0.05, 0) is 35.6 Å². The van der Waals surface area contributed by atoms with E-state index in [1.165, 1.54) is 11.1 Å². The maximum atomic E-state index is 5.98. The van der Waals surface area contributed by atoms with E-state index in [4.69, 9.17) is 16.3 Å². The van der Waals surface area contributed by atoms with Crippen molar-refractivity contribution >= 4 is 17.5 Å². The molecule has 3 rings (SSSR count). The summed E-state index contributed by atoms with van der Waals surface area (Å²) in [6, 6.07) is 8.73. The largest absolute Gasteiger partial charge is 0.463 e. The van der Waals surface area contributed by atoms with Crippen molar-refractivity contribution in [2.24, 2.45) is 0 Å². The molecule has 0 fully saturated rings. The Morgan fingerprint density at radius 3 is 2.81 bits per heavy atom. The number of rotatable bonds is 4. The lowest BCUT2D eigenvalue weighted by Gasteiger charge is -2.28. The third kappa shape index (κ3) is 3.24. The Bertz CT molecular complexity index is 635. The Morgan fingerprint density at radius 2 is 2.00 bits per heavy atom. The molecule has 6 heteroatoms. The molecule has 1 aliphatic rings. The number of benzene rings is 1. The van der Waals surface area contributed by atoms with Gasteiger partial charge in [0, 0.05) is 13.1 Å². The third-order valence-electron chi connectivity index (χ3n) is 3.42. The van der Waals surface area contributed by atoms with Crippen molar-refractivity contribution in [3.05, 3.63) is 40.7 Å². The number of anilines is 1. The SMILES string of the molecule is CCCOc1nc(Cl)nc(N2CCc3ccccc3C2)n1. The quantitative estimate of drug-likeness (QED) is 0.869. The van der Waals surface area contributed by atoms with Crippen molar-refractivity contribution in [1.82, 2.24) is 15.0 Å². The highest BCUT2D eigenvalue weighted by Gasteiger charge is 2.19. The number of nitrogens with zero attached hydrogens (tertiary/aromatic N) is 4. The second kappa shape index (κ2) is 6.26. The van der Waals surface area contributed by atoms with Gasteiger partial charge in [-0.3, -0.25) is 0 Å². The fraction of sp³-hybridized carbons (Fsp3) is 0.400. The zero-order chi connectivity index (χ0) is 14.7. The van der Waals surface area contributed by atoms with Crippen molar-refractivity contribution in [3.8, 4) is 6.01 Å². The van der Waals surface area contributed by atoms with E-state index < -0.39 is 0 Å². The Labute approximate surface area is 129 Å². The normalized spacial score (nSPS) is 13.9. The minimum Gasteiger partial charge on any atom is -0.463 e. The van der Waals surface area contributed by atoms with Crippen LogP contribution in [0.1, 0.15) is 24.5 Å². The molecule has 0 amide bonds. The number of hydrogen-bond donors (Lipinski definition) is 0. The molecule has 0 N–H and O–H groups in total. The molecule has 0 saturated heterocycles. The zero-order valence-electron chi connectivity index (χ0n) is 11.9. The van der Waals surface area contributed by atoms with E-state index in [1.54, 1.807) is 0 Å². The molecule has 1 aromatic carbocycles. The second-order valence-electron chi connectivity index (χ2n) is 4.98. The molecule has 110 valence electrons. The fourth-order valence-corrected chi connectivity index (χ4v) is 2.54. The van der Waals surface area contributed by atoms with Gasteiger partial charge in [0.1, 0.15) is 0 Å². The molecular formula is C15H17ClN4O. The molecule has 2 aromatic rings. The van der Waals surface area contributed by atoms with Gasteiger partial charge < -0.3 is 9.64 Å². The van der Waals surface area contributed by atoms with Gasteiger partial charge in [0.2, 0.25) is 11.2 Å². The molecule has 0 aliphatic carbocycles. The Balaban J connectivity index is 1.83. The standard InChI is InChI=1S/C15H17ClN4O/c1-2-9-21-15-18-13(16)17-14(19-15)20-8-7-11-5-3-4-6-12(11)10-20/h3-6H,2,7-10H2,1H3. The molecule has 5 nitrogen and oxygen atoms in total. The van der Waals surface area contributed by atoms with Gasteiger partial charge in [-0.1, -0.05) is 31.2 Å².